The van der Waals surface area contributed by atoms with Crippen molar-refractivity contribution in [2.24, 2.45) is 0 Å². The van der Waals surface area contributed by atoms with Gasteiger partial charge in [0.25, 0.3) is 0 Å². The van der Waals surface area contributed by atoms with Crippen LogP contribution in [-0.2, 0) is 0 Å². The minimum Gasteiger partial charge on any atom is -0.497 e. The van der Waals surface area contributed by atoms with E-state index in [0.717, 1.165) is 0 Å². The van der Waals surface area contributed by atoms with E-state index in [1.54, 1.807) is 49.4 Å². The van der Waals surface area contributed by atoms with Crippen LogP contribution in [0.3, 0.4) is 0 Å². The number of halogens is 3. The maximum atomic E-state index is 14.7. The molecule has 0 fully saturated rings. The quantitative estimate of drug-likeness (QED) is 0.211. The third kappa shape index (κ3) is 5.14. The summed E-state index contributed by atoms with van der Waals surface area (Å²) in [4.78, 5) is 12.5. The first-order valence-corrected chi connectivity index (χ1v) is 10.8. The lowest BCUT2D eigenvalue weighted by atomic mass is 10.0. The lowest BCUT2D eigenvalue weighted by molar-refractivity contribution is 0.0728. The van der Waals surface area contributed by atoms with Crippen LogP contribution in [0.2, 0.25) is 0 Å². The molecule has 0 radical (unpaired) electrons. The molecule has 0 unspecified atom stereocenters. The van der Waals surface area contributed by atoms with E-state index in [4.69, 9.17) is 14.2 Å². The van der Waals surface area contributed by atoms with Crippen molar-refractivity contribution < 1.29 is 32.2 Å². The first kappa shape index (κ1) is 23.9. The molecule has 0 aliphatic heterocycles. The smallest absolute Gasteiger partial charge is 0.346 e. The Morgan fingerprint density at radius 2 is 1.37 bits per heavy atom. The van der Waals surface area contributed by atoms with Gasteiger partial charge in [-0.2, -0.15) is 0 Å². The van der Waals surface area contributed by atoms with Gasteiger partial charge in [-0.05, 0) is 66.1 Å². The van der Waals surface area contributed by atoms with Crippen LogP contribution in [0.5, 0.6) is 17.2 Å². The molecule has 7 heteroatoms. The van der Waals surface area contributed by atoms with Crippen molar-refractivity contribution in [3.05, 3.63) is 102 Å². The molecule has 0 bridgehead atoms. The van der Waals surface area contributed by atoms with Gasteiger partial charge in [0.05, 0.1) is 19.3 Å². The van der Waals surface area contributed by atoms with E-state index in [9.17, 15) is 18.0 Å². The van der Waals surface area contributed by atoms with Gasteiger partial charge < -0.3 is 14.2 Å². The Kier molecular flexibility index (Phi) is 7.06. The number of esters is 1. The molecular weight excluding hydrogens is 457 g/mol. The summed E-state index contributed by atoms with van der Waals surface area (Å²) >= 11 is 0. The molecule has 4 aromatic rings. The number of methoxy groups -OCH3 is 1. The fourth-order valence-electron chi connectivity index (χ4n) is 3.53. The van der Waals surface area contributed by atoms with Gasteiger partial charge >= 0.3 is 5.97 Å². The van der Waals surface area contributed by atoms with Crippen LogP contribution < -0.4 is 14.2 Å². The maximum Gasteiger partial charge on any atom is 0.346 e. The number of benzene rings is 4. The number of rotatable bonds is 7. The summed E-state index contributed by atoms with van der Waals surface area (Å²) in [6.45, 7) is 2.12. The number of ether oxygens (including phenoxy) is 3. The van der Waals surface area contributed by atoms with Crippen molar-refractivity contribution in [3.8, 4) is 39.5 Å². The molecule has 0 atom stereocenters. The Morgan fingerprint density at radius 1 is 0.743 bits per heavy atom. The molecule has 4 aromatic carbocycles. The Hall–Kier alpha value is -4.26. The minimum atomic E-state index is -1.30. The van der Waals surface area contributed by atoms with Crippen molar-refractivity contribution in [2.45, 2.75) is 6.92 Å². The van der Waals surface area contributed by atoms with Crippen molar-refractivity contribution in [3.63, 3.8) is 0 Å². The van der Waals surface area contributed by atoms with Crippen LogP contribution in [-0.4, -0.2) is 19.7 Å². The van der Waals surface area contributed by atoms with Gasteiger partial charge in [-0.3, -0.25) is 0 Å². The van der Waals surface area contributed by atoms with Gasteiger partial charge in [0.2, 0.25) is 0 Å². The van der Waals surface area contributed by atoms with Crippen LogP contribution in [0.25, 0.3) is 22.3 Å². The Morgan fingerprint density at radius 3 is 2.00 bits per heavy atom. The van der Waals surface area contributed by atoms with Gasteiger partial charge in [0, 0.05) is 5.56 Å². The van der Waals surface area contributed by atoms with Gasteiger partial charge in [-0.1, -0.05) is 36.4 Å². The van der Waals surface area contributed by atoms with Crippen molar-refractivity contribution in [1.82, 2.24) is 0 Å². The molecule has 35 heavy (non-hydrogen) atoms. The number of hydrogen-bond donors (Lipinski definition) is 0. The standard InChI is InChI=1S/C28H21F3O4/c1-3-34-25-15-8-19(16-24(25)29)17-4-11-21(12-5-17)35-28(32)23-14-13-22(26(30)27(23)31)18-6-9-20(33-2)10-7-18/h4-16H,3H2,1-2H3. The van der Waals surface area contributed by atoms with Crippen LogP contribution in [0.4, 0.5) is 13.2 Å². The number of hydrogen-bond acceptors (Lipinski definition) is 4. The molecule has 0 saturated heterocycles. The molecule has 0 heterocycles. The normalized spacial score (nSPS) is 10.7. The molecule has 0 N–H and O–H groups in total. The van der Waals surface area contributed by atoms with Gasteiger partial charge in [-0.15, -0.1) is 0 Å². The largest absolute Gasteiger partial charge is 0.497 e. The fraction of sp³-hybridized carbons (Fsp3) is 0.107. The molecule has 0 saturated carbocycles. The number of carbonyl (C=O) groups excluding carboxylic acids is 1. The summed E-state index contributed by atoms with van der Waals surface area (Å²) in [5.74, 6) is -3.12. The molecule has 0 spiro atoms. The predicted molar refractivity (Wildman–Crippen MR) is 126 cm³/mol. The SMILES string of the molecule is CCOc1ccc(-c2ccc(OC(=O)c3ccc(-c4ccc(OC)cc4)c(F)c3F)cc2)cc1F. The average molecular weight is 478 g/mol. The zero-order valence-electron chi connectivity index (χ0n) is 19.0. The highest BCUT2D eigenvalue weighted by Crippen LogP contribution is 2.30. The summed E-state index contributed by atoms with van der Waals surface area (Å²) < 4.78 is 59.1. The Labute approximate surface area is 200 Å². The number of carbonyl (C=O) groups is 1. The maximum absolute atomic E-state index is 14.7. The predicted octanol–water partition coefficient (Wildman–Crippen LogP) is 7.06. The molecule has 0 amide bonds. The monoisotopic (exact) mass is 478 g/mol. The van der Waals surface area contributed by atoms with Crippen molar-refractivity contribution in [2.75, 3.05) is 13.7 Å². The Bertz CT molecular complexity index is 1350. The van der Waals surface area contributed by atoms with E-state index in [2.05, 4.69) is 0 Å². The summed E-state index contributed by atoms with van der Waals surface area (Å²) in [7, 11) is 1.50. The topological polar surface area (TPSA) is 44.8 Å². The molecule has 0 aliphatic carbocycles. The second-order valence-corrected chi connectivity index (χ2v) is 7.51. The first-order chi connectivity index (χ1) is 16.9. The van der Waals surface area contributed by atoms with Crippen LogP contribution in [0.15, 0.2) is 78.9 Å². The molecule has 0 aromatic heterocycles. The van der Waals surface area contributed by atoms with Gasteiger partial charge in [-0.25, -0.2) is 18.0 Å². The highest BCUT2D eigenvalue weighted by molar-refractivity contribution is 5.92. The van der Waals surface area contributed by atoms with Crippen LogP contribution in [0.1, 0.15) is 17.3 Å². The van der Waals surface area contributed by atoms with E-state index < -0.39 is 29.0 Å². The van der Waals surface area contributed by atoms with Crippen LogP contribution in [0, 0.1) is 17.5 Å². The van der Waals surface area contributed by atoms with Gasteiger partial charge in [0.1, 0.15) is 11.5 Å². The first-order valence-electron chi connectivity index (χ1n) is 10.8. The zero-order valence-corrected chi connectivity index (χ0v) is 19.0. The molecule has 0 aliphatic rings. The summed E-state index contributed by atoms with van der Waals surface area (Å²) in [6.07, 6.45) is 0. The minimum absolute atomic E-state index is 0.00800. The van der Waals surface area contributed by atoms with Crippen molar-refractivity contribution >= 4 is 5.97 Å². The summed E-state index contributed by atoms with van der Waals surface area (Å²) in [5.41, 5.74) is 1.19. The van der Waals surface area contributed by atoms with E-state index in [1.165, 1.54) is 43.5 Å². The lowest BCUT2D eigenvalue weighted by Gasteiger charge is -2.10. The fourth-order valence-corrected chi connectivity index (χ4v) is 3.53. The second-order valence-electron chi connectivity index (χ2n) is 7.51. The van der Waals surface area contributed by atoms with E-state index in [1.807, 2.05) is 0 Å². The second kappa shape index (κ2) is 10.3. The highest BCUT2D eigenvalue weighted by atomic mass is 19.2. The molecule has 178 valence electrons. The highest BCUT2D eigenvalue weighted by Gasteiger charge is 2.21. The summed E-state index contributed by atoms with van der Waals surface area (Å²) in [6, 6.07) is 19.7. The zero-order chi connectivity index (χ0) is 24.9. The van der Waals surface area contributed by atoms with Crippen molar-refractivity contribution in [1.29, 1.82) is 0 Å². The van der Waals surface area contributed by atoms with E-state index in [0.29, 0.717) is 29.0 Å². The lowest BCUT2D eigenvalue weighted by Crippen LogP contribution is -2.12. The Balaban J connectivity index is 1.50. The van der Waals surface area contributed by atoms with E-state index >= 15 is 0 Å². The third-order valence-corrected chi connectivity index (χ3v) is 5.33. The van der Waals surface area contributed by atoms with E-state index in [-0.39, 0.29) is 17.1 Å². The average Bonchev–Trinajstić information content (AvgIpc) is 2.87. The molecule has 4 rings (SSSR count). The molecule has 4 nitrogen and oxygen atoms in total. The van der Waals surface area contributed by atoms with Gasteiger partial charge in [0.15, 0.2) is 23.2 Å². The van der Waals surface area contributed by atoms with Crippen LogP contribution >= 0.6 is 0 Å². The third-order valence-electron chi connectivity index (χ3n) is 5.33. The molecular formula is C28H21F3O4. The summed E-state index contributed by atoms with van der Waals surface area (Å²) in [5, 5.41) is 0.